The predicted octanol–water partition coefficient (Wildman–Crippen LogP) is 6.64. The molecular weight excluding hydrogens is 570 g/mol. The zero-order valence-corrected chi connectivity index (χ0v) is 24.3. The van der Waals surface area contributed by atoms with Gasteiger partial charge in [-0.25, -0.2) is 0 Å². The fourth-order valence-corrected chi connectivity index (χ4v) is 4.40. The van der Waals surface area contributed by atoms with Crippen LogP contribution in [0, 0.1) is 0 Å². The van der Waals surface area contributed by atoms with Crippen molar-refractivity contribution in [3.05, 3.63) is 70.8 Å². The highest BCUT2D eigenvalue weighted by Crippen LogP contribution is 2.32. The van der Waals surface area contributed by atoms with Crippen LogP contribution < -0.4 is 0 Å². The van der Waals surface area contributed by atoms with E-state index in [0.29, 0.717) is 12.0 Å². The Morgan fingerprint density at radius 1 is 0.690 bits per heavy atom. The van der Waals surface area contributed by atoms with Crippen LogP contribution in [0.4, 0.5) is 26.3 Å². The van der Waals surface area contributed by atoms with Crippen LogP contribution in [0.3, 0.4) is 0 Å². The smallest absolute Gasteiger partial charge is 0.393 e. The fourth-order valence-electron chi connectivity index (χ4n) is 4.40. The molecule has 6 atom stereocenters. The summed E-state index contributed by atoms with van der Waals surface area (Å²) in [4.78, 5) is 23.0. The molecule has 0 aromatic heterocycles. The Morgan fingerprint density at radius 3 is 1.45 bits per heavy atom. The SMILES string of the molecule is CC(O)CC(O)C(C)c1ccccc1C(=O)C(F)(F)F.COC(C)CC(OC)C(C)c1ccccc1C(=O)C(F)(F)F. The first kappa shape index (κ1) is 37.2. The van der Waals surface area contributed by atoms with Gasteiger partial charge in [-0.15, -0.1) is 0 Å². The number of rotatable bonds is 12. The lowest BCUT2D eigenvalue weighted by atomic mass is 9.87. The molecule has 0 bridgehead atoms. The second-order valence-corrected chi connectivity index (χ2v) is 10.1. The largest absolute Gasteiger partial charge is 0.454 e. The predicted molar refractivity (Wildman–Crippen MR) is 145 cm³/mol. The molecule has 2 aromatic carbocycles. The summed E-state index contributed by atoms with van der Waals surface area (Å²) in [5, 5.41) is 19.1. The van der Waals surface area contributed by atoms with Gasteiger partial charge in [0.1, 0.15) is 0 Å². The molecule has 0 amide bonds. The van der Waals surface area contributed by atoms with Crippen molar-refractivity contribution in [2.75, 3.05) is 14.2 Å². The van der Waals surface area contributed by atoms with Crippen LogP contribution in [0.2, 0.25) is 0 Å². The molecule has 0 fully saturated rings. The zero-order valence-electron chi connectivity index (χ0n) is 24.3. The van der Waals surface area contributed by atoms with E-state index in [0.717, 1.165) is 6.07 Å². The Hall–Kier alpha value is -2.80. The van der Waals surface area contributed by atoms with Gasteiger partial charge in [0.15, 0.2) is 0 Å². The van der Waals surface area contributed by atoms with Crippen LogP contribution >= 0.6 is 0 Å². The molecule has 0 aliphatic heterocycles. The lowest BCUT2D eigenvalue weighted by molar-refractivity contribution is -0.0889. The van der Waals surface area contributed by atoms with E-state index >= 15 is 0 Å². The number of ketones is 2. The summed E-state index contributed by atoms with van der Waals surface area (Å²) in [6, 6.07) is 11.1. The third kappa shape index (κ3) is 10.8. The minimum absolute atomic E-state index is 0.0235. The molecule has 0 aliphatic rings. The summed E-state index contributed by atoms with van der Waals surface area (Å²) in [6.07, 6.45) is -11.6. The number of hydrogen-bond acceptors (Lipinski definition) is 6. The van der Waals surface area contributed by atoms with E-state index in [-0.39, 0.29) is 35.7 Å². The molecule has 12 heteroatoms. The van der Waals surface area contributed by atoms with Gasteiger partial charge in [-0.05, 0) is 31.4 Å². The van der Waals surface area contributed by atoms with E-state index in [4.69, 9.17) is 9.47 Å². The minimum atomic E-state index is -4.95. The van der Waals surface area contributed by atoms with Gasteiger partial charge in [0, 0.05) is 43.6 Å². The van der Waals surface area contributed by atoms with Crippen molar-refractivity contribution in [3.63, 3.8) is 0 Å². The Labute approximate surface area is 241 Å². The van der Waals surface area contributed by atoms with Crippen LogP contribution in [-0.2, 0) is 9.47 Å². The van der Waals surface area contributed by atoms with Crippen LogP contribution in [0.15, 0.2) is 48.5 Å². The van der Waals surface area contributed by atoms with Crippen molar-refractivity contribution in [1.82, 2.24) is 0 Å². The Morgan fingerprint density at radius 2 is 1.10 bits per heavy atom. The first-order chi connectivity index (χ1) is 19.4. The number of methoxy groups -OCH3 is 2. The number of benzene rings is 2. The van der Waals surface area contributed by atoms with E-state index in [1.807, 2.05) is 6.92 Å². The van der Waals surface area contributed by atoms with Crippen LogP contribution in [0.1, 0.15) is 84.2 Å². The zero-order chi connectivity index (χ0) is 32.4. The summed E-state index contributed by atoms with van der Waals surface area (Å²) in [5.41, 5.74) is -0.324. The maximum Gasteiger partial charge on any atom is 0.454 e. The standard InChI is InChI=1S/C16H21F3O3.C14H17F3O3/c1-10(21-3)9-14(22-4)11(2)12-7-5-6-8-13(12)15(20)16(17,18)19;1-8(18)7-12(19)9(2)10-5-3-4-6-11(10)13(20)14(15,16)17/h5-8,10-11,14H,9H2,1-4H3;3-6,8-9,12,18-19H,7H2,1-2H3. The van der Waals surface area contributed by atoms with Gasteiger partial charge in [-0.1, -0.05) is 62.4 Å². The average molecular weight is 609 g/mol. The van der Waals surface area contributed by atoms with E-state index in [9.17, 15) is 46.1 Å². The fraction of sp³-hybridized carbons (Fsp3) is 0.533. The van der Waals surface area contributed by atoms with E-state index < -0.39 is 47.6 Å². The second-order valence-electron chi connectivity index (χ2n) is 10.1. The number of aliphatic hydroxyl groups excluding tert-OH is 2. The molecule has 0 heterocycles. The van der Waals surface area contributed by atoms with Gasteiger partial charge in [-0.2, -0.15) is 26.3 Å². The molecule has 6 nitrogen and oxygen atoms in total. The Bertz CT molecular complexity index is 1150. The van der Waals surface area contributed by atoms with Gasteiger partial charge in [0.25, 0.3) is 11.6 Å². The number of Topliss-reactive ketones (excluding diaryl/α,β-unsaturated/α-hetero) is 2. The lowest BCUT2D eigenvalue weighted by Crippen LogP contribution is -2.28. The topological polar surface area (TPSA) is 93.1 Å². The monoisotopic (exact) mass is 608 g/mol. The van der Waals surface area contributed by atoms with Crippen molar-refractivity contribution in [3.8, 4) is 0 Å². The van der Waals surface area contributed by atoms with Gasteiger partial charge >= 0.3 is 12.4 Å². The molecule has 2 rings (SSSR count). The van der Waals surface area contributed by atoms with Gasteiger partial charge in [0.2, 0.25) is 0 Å². The molecular formula is C30H38F6O6. The first-order valence-corrected chi connectivity index (χ1v) is 13.2. The second kappa shape index (κ2) is 16.2. The molecule has 2 aromatic rings. The molecule has 42 heavy (non-hydrogen) atoms. The third-order valence-corrected chi connectivity index (χ3v) is 6.89. The van der Waals surface area contributed by atoms with Gasteiger partial charge < -0.3 is 19.7 Å². The van der Waals surface area contributed by atoms with Gasteiger partial charge in [0.05, 0.1) is 24.4 Å². The number of carbonyl (C=O) groups excluding carboxylic acids is 2. The van der Waals surface area contributed by atoms with Crippen molar-refractivity contribution in [2.24, 2.45) is 0 Å². The summed E-state index contributed by atoms with van der Waals surface area (Å²) in [7, 11) is 3.06. The Kier molecular flexibility index (Phi) is 14.3. The van der Waals surface area contributed by atoms with Crippen LogP contribution in [-0.4, -0.2) is 72.8 Å². The highest BCUT2D eigenvalue weighted by atomic mass is 19.4. The molecule has 6 unspecified atom stereocenters. The maximum atomic E-state index is 12.7. The van der Waals surface area contributed by atoms with E-state index in [2.05, 4.69) is 0 Å². The van der Waals surface area contributed by atoms with Crippen LogP contribution in [0.25, 0.3) is 0 Å². The number of ether oxygens (including phenoxy) is 2. The molecule has 0 radical (unpaired) electrons. The molecule has 0 saturated heterocycles. The van der Waals surface area contributed by atoms with Crippen molar-refractivity contribution >= 4 is 11.6 Å². The van der Waals surface area contributed by atoms with E-state index in [1.165, 1.54) is 57.4 Å². The summed E-state index contributed by atoms with van der Waals surface area (Å²) < 4.78 is 86.3. The minimum Gasteiger partial charge on any atom is -0.393 e. The molecule has 2 N–H and O–H groups in total. The number of alkyl halides is 6. The van der Waals surface area contributed by atoms with E-state index in [1.54, 1.807) is 20.1 Å². The summed E-state index contributed by atoms with van der Waals surface area (Å²) in [5.74, 6) is -4.81. The number of halogens is 6. The highest BCUT2D eigenvalue weighted by Gasteiger charge is 2.42. The highest BCUT2D eigenvalue weighted by molar-refractivity contribution is 6.02. The number of hydrogen-bond donors (Lipinski definition) is 2. The summed E-state index contributed by atoms with van der Waals surface area (Å²) >= 11 is 0. The number of carbonyl (C=O) groups is 2. The van der Waals surface area contributed by atoms with Gasteiger partial charge in [-0.3, -0.25) is 9.59 Å². The van der Waals surface area contributed by atoms with Crippen molar-refractivity contribution in [1.29, 1.82) is 0 Å². The molecule has 236 valence electrons. The summed E-state index contributed by atoms with van der Waals surface area (Å²) in [6.45, 7) is 6.60. The Balaban J connectivity index is 0.000000422. The number of aliphatic hydroxyl groups is 2. The molecule has 0 saturated carbocycles. The quantitative estimate of drug-likeness (QED) is 0.207. The first-order valence-electron chi connectivity index (χ1n) is 13.2. The maximum absolute atomic E-state index is 12.7. The average Bonchev–Trinajstić information content (AvgIpc) is 2.93. The van der Waals surface area contributed by atoms with Crippen molar-refractivity contribution < 1.29 is 55.6 Å². The lowest BCUT2D eigenvalue weighted by Gasteiger charge is -2.26. The third-order valence-electron chi connectivity index (χ3n) is 6.89. The molecule has 0 spiro atoms. The van der Waals surface area contributed by atoms with Crippen molar-refractivity contribution in [2.45, 2.75) is 89.1 Å². The molecule has 0 aliphatic carbocycles. The normalized spacial score (nSPS) is 16.3. The van der Waals surface area contributed by atoms with Crippen LogP contribution in [0.5, 0.6) is 0 Å².